The zero-order valence-electron chi connectivity index (χ0n) is 12.3. The second kappa shape index (κ2) is 6.18. The Bertz CT molecular complexity index is 675. The van der Waals surface area contributed by atoms with E-state index >= 15 is 0 Å². The molecule has 0 bridgehead atoms. The maximum absolute atomic E-state index is 11.9. The van der Waals surface area contributed by atoms with Crippen LogP contribution in [0.2, 0.25) is 0 Å². The lowest BCUT2D eigenvalue weighted by Crippen LogP contribution is -2.19. The number of anilines is 3. The molecule has 0 aliphatic carbocycles. The van der Waals surface area contributed by atoms with Gasteiger partial charge in [-0.1, -0.05) is 15.9 Å². The number of hydrogen-bond donors (Lipinski definition) is 3. The number of aryl methyl sites for hydroxylation is 2. The Balaban J connectivity index is 2.43. The molecule has 0 aliphatic rings. The number of nitrogens with one attached hydrogen (secondary N) is 2. The maximum Gasteiger partial charge on any atom is 0.253 e. The van der Waals surface area contributed by atoms with Crippen LogP contribution < -0.4 is 16.4 Å². The van der Waals surface area contributed by atoms with E-state index in [0.717, 1.165) is 21.3 Å². The molecule has 0 fully saturated rings. The van der Waals surface area contributed by atoms with E-state index in [1.807, 2.05) is 26.0 Å². The first-order valence-corrected chi connectivity index (χ1v) is 7.37. The monoisotopic (exact) mass is 347 g/mol. The predicted molar refractivity (Wildman–Crippen MR) is 91.1 cm³/mol. The number of carbonyl (C=O) groups excluding carboxylic acids is 1. The molecule has 110 valence electrons. The van der Waals surface area contributed by atoms with Gasteiger partial charge < -0.3 is 16.4 Å². The first-order valence-electron chi connectivity index (χ1n) is 6.57. The summed E-state index contributed by atoms with van der Waals surface area (Å²) in [6, 6.07) is 9.24. The zero-order chi connectivity index (χ0) is 15.6. The molecule has 0 saturated carbocycles. The fourth-order valence-electron chi connectivity index (χ4n) is 2.17. The van der Waals surface area contributed by atoms with Crippen molar-refractivity contribution in [3.63, 3.8) is 0 Å². The largest absolute Gasteiger partial charge is 0.399 e. The molecule has 1 amide bonds. The normalized spacial score (nSPS) is 10.3. The molecule has 2 aromatic rings. The first-order chi connectivity index (χ1) is 9.92. The molecule has 0 saturated heterocycles. The van der Waals surface area contributed by atoms with Crippen LogP contribution >= 0.6 is 15.9 Å². The summed E-state index contributed by atoms with van der Waals surface area (Å²) in [5.74, 6) is -0.150. The van der Waals surface area contributed by atoms with Gasteiger partial charge in [-0.25, -0.2) is 0 Å². The van der Waals surface area contributed by atoms with E-state index in [1.165, 1.54) is 0 Å². The molecule has 0 atom stereocenters. The quantitative estimate of drug-likeness (QED) is 0.740. The Morgan fingerprint density at radius 1 is 1.14 bits per heavy atom. The molecule has 5 heteroatoms. The Kier molecular flexibility index (Phi) is 4.53. The summed E-state index contributed by atoms with van der Waals surface area (Å²) < 4.78 is 1.09. The predicted octanol–water partition coefficient (Wildman–Crippen LogP) is 3.75. The van der Waals surface area contributed by atoms with Crippen LogP contribution in [0.25, 0.3) is 0 Å². The van der Waals surface area contributed by atoms with Crippen molar-refractivity contribution in [2.75, 3.05) is 18.1 Å². The topological polar surface area (TPSA) is 67.2 Å². The Morgan fingerprint density at radius 2 is 1.76 bits per heavy atom. The molecule has 0 spiro atoms. The van der Waals surface area contributed by atoms with Crippen molar-refractivity contribution in [3.8, 4) is 0 Å². The Morgan fingerprint density at radius 3 is 2.33 bits per heavy atom. The fraction of sp³-hybridized carbons (Fsp3) is 0.188. The van der Waals surface area contributed by atoms with Gasteiger partial charge in [0, 0.05) is 22.9 Å². The SMILES string of the molecule is CNC(=O)c1ccc(N)cc1Nc1cc(C)c(Br)c(C)c1. The van der Waals surface area contributed by atoms with Crippen LogP contribution in [0.5, 0.6) is 0 Å². The van der Waals surface area contributed by atoms with Gasteiger partial charge in [-0.05, 0) is 55.3 Å². The van der Waals surface area contributed by atoms with E-state index in [1.54, 1.807) is 25.2 Å². The lowest BCUT2D eigenvalue weighted by atomic mass is 10.1. The first kappa shape index (κ1) is 15.4. The third-order valence-electron chi connectivity index (χ3n) is 3.23. The van der Waals surface area contributed by atoms with Gasteiger partial charge in [0.1, 0.15) is 0 Å². The number of rotatable bonds is 3. The van der Waals surface area contributed by atoms with Crippen molar-refractivity contribution in [1.82, 2.24) is 5.32 Å². The highest BCUT2D eigenvalue weighted by Crippen LogP contribution is 2.29. The number of nitrogens with two attached hydrogens (primary N) is 1. The highest BCUT2D eigenvalue weighted by atomic mass is 79.9. The molecule has 0 aliphatic heterocycles. The zero-order valence-corrected chi connectivity index (χ0v) is 13.8. The van der Waals surface area contributed by atoms with E-state index in [4.69, 9.17) is 5.73 Å². The summed E-state index contributed by atoms with van der Waals surface area (Å²) in [7, 11) is 1.61. The van der Waals surface area contributed by atoms with Gasteiger partial charge in [-0.2, -0.15) is 0 Å². The lowest BCUT2D eigenvalue weighted by molar-refractivity contribution is 0.0964. The molecule has 2 aromatic carbocycles. The highest BCUT2D eigenvalue weighted by molar-refractivity contribution is 9.10. The minimum atomic E-state index is -0.150. The number of hydrogen-bond acceptors (Lipinski definition) is 3. The minimum Gasteiger partial charge on any atom is -0.399 e. The van der Waals surface area contributed by atoms with Gasteiger partial charge in [-0.3, -0.25) is 4.79 Å². The van der Waals surface area contributed by atoms with E-state index in [9.17, 15) is 4.79 Å². The van der Waals surface area contributed by atoms with E-state index < -0.39 is 0 Å². The fourth-order valence-corrected chi connectivity index (χ4v) is 2.40. The third kappa shape index (κ3) is 3.36. The van der Waals surface area contributed by atoms with Crippen molar-refractivity contribution in [1.29, 1.82) is 0 Å². The van der Waals surface area contributed by atoms with Gasteiger partial charge in [0.2, 0.25) is 0 Å². The summed E-state index contributed by atoms with van der Waals surface area (Å²) in [5.41, 5.74) is 10.9. The van der Waals surface area contributed by atoms with Gasteiger partial charge in [0.25, 0.3) is 5.91 Å². The molecule has 21 heavy (non-hydrogen) atoms. The van der Waals surface area contributed by atoms with E-state index in [2.05, 4.69) is 26.6 Å². The number of amides is 1. The second-order valence-electron chi connectivity index (χ2n) is 4.93. The number of benzene rings is 2. The molecular weight excluding hydrogens is 330 g/mol. The van der Waals surface area contributed by atoms with Crippen molar-refractivity contribution in [2.45, 2.75) is 13.8 Å². The smallest absolute Gasteiger partial charge is 0.253 e. The summed E-state index contributed by atoms with van der Waals surface area (Å²) in [6.07, 6.45) is 0. The standard InChI is InChI=1S/C16H18BrN3O/c1-9-6-12(7-10(2)15(9)17)20-14-8-11(18)4-5-13(14)16(21)19-3/h4-8,20H,18H2,1-3H3,(H,19,21). The summed E-state index contributed by atoms with van der Waals surface area (Å²) in [6.45, 7) is 4.06. The van der Waals surface area contributed by atoms with Crippen molar-refractivity contribution >= 4 is 38.9 Å². The van der Waals surface area contributed by atoms with Crippen LogP contribution in [0.4, 0.5) is 17.1 Å². The molecule has 0 heterocycles. The van der Waals surface area contributed by atoms with Crippen molar-refractivity contribution in [2.24, 2.45) is 0 Å². The molecule has 4 nitrogen and oxygen atoms in total. The minimum absolute atomic E-state index is 0.150. The van der Waals surface area contributed by atoms with Crippen LogP contribution in [0.1, 0.15) is 21.5 Å². The summed E-state index contributed by atoms with van der Waals surface area (Å²) in [5, 5.41) is 5.91. The molecule has 2 rings (SSSR count). The third-order valence-corrected chi connectivity index (χ3v) is 4.48. The van der Waals surface area contributed by atoms with Gasteiger partial charge in [0.05, 0.1) is 11.3 Å². The maximum atomic E-state index is 11.9. The van der Waals surface area contributed by atoms with Crippen LogP contribution in [0.15, 0.2) is 34.8 Å². The molecule has 0 radical (unpaired) electrons. The van der Waals surface area contributed by atoms with E-state index in [0.29, 0.717) is 16.9 Å². The second-order valence-corrected chi connectivity index (χ2v) is 5.73. The van der Waals surface area contributed by atoms with Crippen LogP contribution in [-0.2, 0) is 0 Å². The summed E-state index contributed by atoms with van der Waals surface area (Å²) >= 11 is 3.55. The van der Waals surface area contributed by atoms with Crippen LogP contribution in [-0.4, -0.2) is 13.0 Å². The molecule has 0 aromatic heterocycles. The van der Waals surface area contributed by atoms with E-state index in [-0.39, 0.29) is 5.91 Å². The van der Waals surface area contributed by atoms with Gasteiger partial charge in [-0.15, -0.1) is 0 Å². The van der Waals surface area contributed by atoms with Crippen molar-refractivity contribution < 1.29 is 4.79 Å². The Hall–Kier alpha value is -2.01. The Labute approximate surface area is 132 Å². The average molecular weight is 348 g/mol. The van der Waals surface area contributed by atoms with Gasteiger partial charge >= 0.3 is 0 Å². The summed E-state index contributed by atoms with van der Waals surface area (Å²) in [4.78, 5) is 11.9. The number of halogens is 1. The molecule has 0 unspecified atom stereocenters. The van der Waals surface area contributed by atoms with Crippen LogP contribution in [0, 0.1) is 13.8 Å². The highest BCUT2D eigenvalue weighted by Gasteiger charge is 2.11. The number of nitrogen functional groups attached to an aromatic ring is 1. The molecular formula is C16H18BrN3O. The van der Waals surface area contributed by atoms with Gasteiger partial charge in [0.15, 0.2) is 0 Å². The lowest BCUT2D eigenvalue weighted by Gasteiger charge is -2.14. The van der Waals surface area contributed by atoms with Crippen LogP contribution in [0.3, 0.4) is 0 Å². The number of carbonyl (C=O) groups is 1. The molecule has 4 N–H and O–H groups in total. The van der Waals surface area contributed by atoms with Crippen molar-refractivity contribution in [3.05, 3.63) is 51.5 Å². The average Bonchev–Trinajstić information content (AvgIpc) is 2.44.